The maximum Gasteiger partial charge on any atom is 0.138 e. The summed E-state index contributed by atoms with van der Waals surface area (Å²) in [6, 6.07) is 10.5. The number of imidazole rings is 1. The van der Waals surface area contributed by atoms with Crippen LogP contribution < -0.4 is 0 Å². The monoisotopic (exact) mass is 457 g/mol. The third-order valence-electron chi connectivity index (χ3n) is 7.37. The van der Waals surface area contributed by atoms with Crippen molar-refractivity contribution in [1.29, 1.82) is 0 Å². The zero-order valence-electron chi connectivity index (χ0n) is 20.8. The van der Waals surface area contributed by atoms with E-state index in [0.717, 1.165) is 56.8 Å². The minimum Gasteiger partial charge on any atom is -0.386 e. The highest BCUT2D eigenvalue weighted by atomic mass is 16.3. The molecular weight excluding hydrogens is 422 g/mol. The van der Waals surface area contributed by atoms with Gasteiger partial charge in [0.2, 0.25) is 0 Å². The van der Waals surface area contributed by atoms with E-state index in [1.54, 1.807) is 0 Å². The second kappa shape index (κ2) is 8.66. The van der Waals surface area contributed by atoms with Crippen molar-refractivity contribution in [1.82, 2.24) is 24.7 Å². The quantitative estimate of drug-likeness (QED) is 0.363. The van der Waals surface area contributed by atoms with Crippen molar-refractivity contribution >= 4 is 10.9 Å². The minimum absolute atomic E-state index is 0.444. The molecule has 0 unspecified atom stereocenters. The standard InChI is InChI=1S/C28H35N5O/c1-17(2)19-9-11-21(12-10-19)33-16-20-13-22(23(28(4,5)34)14-25(20)32-33)27-29-15-26(31-27)24-8-6-7-18(3)30-24/h6-8,13-17,19,21,34H,9-12H2,1-5H3,(H,29,31). The van der Waals surface area contributed by atoms with Crippen molar-refractivity contribution in [3.05, 3.63) is 54.0 Å². The molecule has 34 heavy (non-hydrogen) atoms. The molecule has 1 aliphatic rings. The average Bonchev–Trinajstić information content (AvgIpc) is 3.45. The number of aliphatic hydroxyl groups is 1. The van der Waals surface area contributed by atoms with Gasteiger partial charge in [-0.05, 0) is 88.1 Å². The lowest BCUT2D eigenvalue weighted by Gasteiger charge is -2.30. The molecule has 178 valence electrons. The Hall–Kier alpha value is -2.99. The van der Waals surface area contributed by atoms with Crippen molar-refractivity contribution in [2.24, 2.45) is 11.8 Å². The van der Waals surface area contributed by atoms with E-state index in [1.165, 1.54) is 25.7 Å². The van der Waals surface area contributed by atoms with Gasteiger partial charge in [0, 0.05) is 22.8 Å². The summed E-state index contributed by atoms with van der Waals surface area (Å²) in [4.78, 5) is 12.7. The van der Waals surface area contributed by atoms with Crippen LogP contribution in [0.3, 0.4) is 0 Å². The van der Waals surface area contributed by atoms with Crippen molar-refractivity contribution < 1.29 is 5.11 Å². The lowest BCUT2D eigenvalue weighted by atomic mass is 9.80. The summed E-state index contributed by atoms with van der Waals surface area (Å²) in [5, 5.41) is 17.0. The molecule has 1 aliphatic carbocycles. The van der Waals surface area contributed by atoms with Crippen LogP contribution in [0.4, 0.5) is 0 Å². The molecule has 4 aromatic rings. The van der Waals surface area contributed by atoms with Crippen LogP contribution in [-0.2, 0) is 5.60 Å². The van der Waals surface area contributed by atoms with E-state index in [2.05, 4.69) is 45.7 Å². The molecule has 0 amide bonds. The summed E-state index contributed by atoms with van der Waals surface area (Å²) in [5.41, 5.74) is 4.26. The molecule has 0 radical (unpaired) electrons. The van der Waals surface area contributed by atoms with Crippen LogP contribution in [0, 0.1) is 18.8 Å². The minimum atomic E-state index is -1.03. The fraction of sp³-hybridized carbons (Fsp3) is 0.464. The van der Waals surface area contributed by atoms with E-state index in [1.807, 2.05) is 51.2 Å². The molecule has 6 heteroatoms. The normalized spacial score (nSPS) is 19.3. The fourth-order valence-electron chi connectivity index (χ4n) is 5.29. The number of nitrogens with one attached hydrogen (secondary N) is 1. The van der Waals surface area contributed by atoms with Gasteiger partial charge in [-0.3, -0.25) is 9.67 Å². The number of hydrogen-bond acceptors (Lipinski definition) is 4. The highest BCUT2D eigenvalue weighted by Crippen LogP contribution is 2.38. The maximum atomic E-state index is 11.0. The maximum absolute atomic E-state index is 11.0. The van der Waals surface area contributed by atoms with Crippen LogP contribution in [0.5, 0.6) is 0 Å². The summed E-state index contributed by atoms with van der Waals surface area (Å²) in [6.45, 7) is 10.3. The lowest BCUT2D eigenvalue weighted by molar-refractivity contribution is 0.0793. The number of rotatable bonds is 5. The van der Waals surface area contributed by atoms with Gasteiger partial charge in [0.15, 0.2) is 0 Å². The predicted octanol–water partition coefficient (Wildman–Crippen LogP) is 6.41. The van der Waals surface area contributed by atoms with Gasteiger partial charge in [-0.25, -0.2) is 4.98 Å². The number of hydrogen-bond donors (Lipinski definition) is 2. The van der Waals surface area contributed by atoms with E-state index in [9.17, 15) is 5.11 Å². The first-order valence-corrected chi connectivity index (χ1v) is 12.4. The first kappa shape index (κ1) is 22.8. The summed E-state index contributed by atoms with van der Waals surface area (Å²) < 4.78 is 2.16. The number of benzene rings is 1. The zero-order valence-corrected chi connectivity index (χ0v) is 20.8. The summed E-state index contributed by atoms with van der Waals surface area (Å²) in [6.07, 6.45) is 8.85. The van der Waals surface area contributed by atoms with Crippen molar-refractivity contribution in [2.75, 3.05) is 0 Å². The Bertz CT molecular complexity index is 1300. The third-order valence-corrected chi connectivity index (χ3v) is 7.37. The van der Waals surface area contributed by atoms with Gasteiger partial charge in [-0.1, -0.05) is 19.9 Å². The number of nitrogens with zero attached hydrogens (tertiary/aromatic N) is 4. The molecular formula is C28H35N5O. The van der Waals surface area contributed by atoms with E-state index in [4.69, 9.17) is 5.10 Å². The number of fused-ring (bicyclic) bond motifs is 1. The lowest BCUT2D eigenvalue weighted by Crippen LogP contribution is -2.21. The van der Waals surface area contributed by atoms with Crippen molar-refractivity contribution in [3.63, 3.8) is 0 Å². The highest BCUT2D eigenvalue weighted by molar-refractivity contribution is 5.86. The Balaban J connectivity index is 1.52. The van der Waals surface area contributed by atoms with E-state index < -0.39 is 5.60 Å². The molecule has 1 aromatic carbocycles. The molecule has 6 nitrogen and oxygen atoms in total. The molecule has 0 saturated heterocycles. The van der Waals surface area contributed by atoms with E-state index in [-0.39, 0.29) is 0 Å². The summed E-state index contributed by atoms with van der Waals surface area (Å²) in [7, 11) is 0. The number of aryl methyl sites for hydroxylation is 1. The highest BCUT2D eigenvalue weighted by Gasteiger charge is 2.27. The summed E-state index contributed by atoms with van der Waals surface area (Å²) >= 11 is 0. The zero-order chi connectivity index (χ0) is 24.0. The Morgan fingerprint density at radius 3 is 2.56 bits per heavy atom. The molecule has 1 saturated carbocycles. The van der Waals surface area contributed by atoms with Crippen LogP contribution in [0.15, 0.2) is 42.7 Å². The molecule has 0 atom stereocenters. The molecule has 0 spiro atoms. The SMILES string of the molecule is Cc1cccc(-c2cnc(-c3cc4cn(C5CCC(C(C)C)CC5)nc4cc3C(C)(C)O)[nH]2)n1. The second-order valence-corrected chi connectivity index (χ2v) is 10.7. The first-order valence-electron chi connectivity index (χ1n) is 12.4. The molecule has 0 bridgehead atoms. The van der Waals surface area contributed by atoms with Gasteiger partial charge in [0.25, 0.3) is 0 Å². The molecule has 5 rings (SSSR count). The van der Waals surface area contributed by atoms with Crippen molar-refractivity contribution in [2.45, 2.75) is 71.9 Å². The van der Waals surface area contributed by atoms with E-state index >= 15 is 0 Å². The van der Waals surface area contributed by atoms with Gasteiger partial charge in [-0.2, -0.15) is 5.10 Å². The molecule has 3 heterocycles. The first-order chi connectivity index (χ1) is 16.2. The van der Waals surface area contributed by atoms with Gasteiger partial charge >= 0.3 is 0 Å². The average molecular weight is 458 g/mol. The molecule has 2 N–H and O–H groups in total. The largest absolute Gasteiger partial charge is 0.386 e. The fourth-order valence-corrected chi connectivity index (χ4v) is 5.29. The number of aromatic nitrogens is 5. The van der Waals surface area contributed by atoms with Gasteiger partial charge < -0.3 is 10.1 Å². The topological polar surface area (TPSA) is 79.6 Å². The second-order valence-electron chi connectivity index (χ2n) is 10.7. The third kappa shape index (κ3) is 4.39. The molecule has 3 aromatic heterocycles. The van der Waals surface area contributed by atoms with E-state index in [0.29, 0.717) is 6.04 Å². The van der Waals surface area contributed by atoms with Crippen LogP contribution in [0.25, 0.3) is 33.7 Å². The summed E-state index contributed by atoms with van der Waals surface area (Å²) in [5.74, 6) is 2.30. The smallest absolute Gasteiger partial charge is 0.138 e. The number of aromatic amines is 1. The van der Waals surface area contributed by atoms with Crippen LogP contribution in [0.1, 0.15) is 70.7 Å². The van der Waals surface area contributed by atoms with Crippen molar-refractivity contribution in [3.8, 4) is 22.8 Å². The van der Waals surface area contributed by atoms with Crippen LogP contribution in [0.2, 0.25) is 0 Å². The Morgan fingerprint density at radius 1 is 1.12 bits per heavy atom. The molecule has 1 fully saturated rings. The Labute approximate surface area is 201 Å². The van der Waals surface area contributed by atoms with Crippen LogP contribution in [-0.4, -0.2) is 29.8 Å². The Morgan fingerprint density at radius 2 is 1.88 bits per heavy atom. The van der Waals surface area contributed by atoms with Gasteiger partial charge in [0.05, 0.1) is 34.7 Å². The van der Waals surface area contributed by atoms with Crippen LogP contribution >= 0.6 is 0 Å². The molecule has 0 aliphatic heterocycles. The number of pyridine rings is 1. The Kier molecular flexibility index (Phi) is 5.80. The number of H-pyrrole nitrogens is 1. The predicted molar refractivity (Wildman–Crippen MR) is 136 cm³/mol. The van der Waals surface area contributed by atoms with Gasteiger partial charge in [0.1, 0.15) is 5.82 Å². The van der Waals surface area contributed by atoms with Gasteiger partial charge in [-0.15, -0.1) is 0 Å².